The number of esters is 1. The number of nitrogens with zero attached hydrogens (tertiary/aromatic N) is 1. The molecule has 7 nitrogen and oxygen atoms in total. The highest BCUT2D eigenvalue weighted by Crippen LogP contribution is 2.31. The zero-order chi connectivity index (χ0) is 16.8. The van der Waals surface area contributed by atoms with Gasteiger partial charge in [0.05, 0.1) is 13.7 Å². The van der Waals surface area contributed by atoms with Crippen LogP contribution in [0, 0.1) is 5.41 Å². The minimum atomic E-state index is -1.19. The van der Waals surface area contributed by atoms with E-state index in [4.69, 9.17) is 9.47 Å². The first-order valence-electron chi connectivity index (χ1n) is 7.32. The van der Waals surface area contributed by atoms with Gasteiger partial charge in [0.1, 0.15) is 5.70 Å². The van der Waals surface area contributed by atoms with Crippen molar-refractivity contribution in [2.45, 2.75) is 46.3 Å². The zero-order valence-electron chi connectivity index (χ0n) is 13.9. The molecule has 0 saturated heterocycles. The first kappa shape index (κ1) is 18.0. The lowest BCUT2D eigenvalue weighted by atomic mass is 9.86. The molecule has 1 amide bonds. The molecule has 0 aromatic carbocycles. The van der Waals surface area contributed by atoms with Crippen molar-refractivity contribution in [2.75, 3.05) is 13.7 Å². The van der Waals surface area contributed by atoms with Gasteiger partial charge in [-0.15, -0.1) is 0 Å². The Morgan fingerprint density at radius 1 is 1.41 bits per heavy atom. The number of amides is 1. The third-order valence-electron chi connectivity index (χ3n) is 3.33. The van der Waals surface area contributed by atoms with E-state index in [1.165, 1.54) is 19.4 Å². The van der Waals surface area contributed by atoms with Gasteiger partial charge >= 0.3 is 12.1 Å². The topological polar surface area (TPSA) is 89.0 Å². The Labute approximate surface area is 131 Å². The van der Waals surface area contributed by atoms with E-state index in [0.717, 1.165) is 12.8 Å². The number of carbonyl (C=O) groups excluding carboxylic acids is 2. The zero-order valence-corrected chi connectivity index (χ0v) is 13.9. The van der Waals surface area contributed by atoms with E-state index in [1.807, 2.05) is 27.7 Å². The number of hydrogen-bond donors (Lipinski definition) is 2. The van der Waals surface area contributed by atoms with E-state index >= 15 is 0 Å². The second-order valence-electron chi connectivity index (χ2n) is 6.05. The van der Waals surface area contributed by atoms with Crippen molar-refractivity contribution in [3.8, 4) is 0 Å². The summed E-state index contributed by atoms with van der Waals surface area (Å²) in [7, 11) is 1.29. The summed E-state index contributed by atoms with van der Waals surface area (Å²) in [5.41, 5.74) is -0.290. The van der Waals surface area contributed by atoms with Gasteiger partial charge in [-0.3, -0.25) is 5.32 Å². The van der Waals surface area contributed by atoms with E-state index in [-0.39, 0.29) is 5.70 Å². The van der Waals surface area contributed by atoms with Crippen molar-refractivity contribution in [1.29, 1.82) is 0 Å². The molecule has 1 rings (SSSR count). The minimum Gasteiger partial charge on any atom is -0.464 e. The molecule has 1 aliphatic rings. The summed E-state index contributed by atoms with van der Waals surface area (Å²) in [6.45, 7) is 8.03. The molecule has 0 aromatic heterocycles. The van der Waals surface area contributed by atoms with Crippen LogP contribution in [0.5, 0.6) is 0 Å². The van der Waals surface area contributed by atoms with Crippen molar-refractivity contribution in [3.05, 3.63) is 11.8 Å². The van der Waals surface area contributed by atoms with Crippen LogP contribution >= 0.6 is 0 Å². The van der Waals surface area contributed by atoms with Crippen molar-refractivity contribution < 1.29 is 19.1 Å². The van der Waals surface area contributed by atoms with E-state index < -0.39 is 23.3 Å². The van der Waals surface area contributed by atoms with Crippen molar-refractivity contribution in [3.63, 3.8) is 0 Å². The number of unbranched alkanes of at least 4 members (excludes halogenated alkanes) is 1. The van der Waals surface area contributed by atoms with E-state index in [0.29, 0.717) is 6.61 Å². The van der Waals surface area contributed by atoms with Gasteiger partial charge in [0.25, 0.3) is 0 Å². The Morgan fingerprint density at radius 2 is 2.09 bits per heavy atom. The van der Waals surface area contributed by atoms with Gasteiger partial charge in [0.15, 0.2) is 0 Å². The largest absolute Gasteiger partial charge is 0.464 e. The van der Waals surface area contributed by atoms with Crippen LogP contribution < -0.4 is 10.6 Å². The molecule has 124 valence electrons. The summed E-state index contributed by atoms with van der Waals surface area (Å²) >= 11 is 0. The average Bonchev–Trinajstić information content (AvgIpc) is 2.45. The number of rotatable bonds is 5. The third-order valence-corrected chi connectivity index (χ3v) is 3.33. The summed E-state index contributed by atoms with van der Waals surface area (Å²) in [6, 6.07) is 0. The maximum atomic E-state index is 12.0. The predicted molar refractivity (Wildman–Crippen MR) is 83.3 cm³/mol. The van der Waals surface area contributed by atoms with Gasteiger partial charge in [-0.25, -0.2) is 14.6 Å². The molecule has 0 fully saturated rings. The molecule has 0 aromatic rings. The molecule has 7 heteroatoms. The van der Waals surface area contributed by atoms with Crippen LogP contribution in [-0.2, 0) is 14.3 Å². The van der Waals surface area contributed by atoms with Gasteiger partial charge < -0.3 is 14.8 Å². The van der Waals surface area contributed by atoms with Gasteiger partial charge in [0.2, 0.25) is 5.79 Å². The summed E-state index contributed by atoms with van der Waals surface area (Å²) < 4.78 is 9.83. The van der Waals surface area contributed by atoms with Crippen LogP contribution in [0.1, 0.15) is 40.5 Å². The number of methoxy groups -OCH3 is 1. The Balaban J connectivity index is 2.90. The number of nitrogens with one attached hydrogen (secondary N) is 2. The van der Waals surface area contributed by atoms with E-state index in [9.17, 15) is 9.59 Å². The highest BCUT2D eigenvalue weighted by molar-refractivity contribution is 5.94. The fourth-order valence-electron chi connectivity index (χ4n) is 1.85. The number of allylic oxidation sites excluding steroid dienone is 1. The lowest BCUT2D eigenvalue weighted by molar-refractivity contribution is -0.137. The van der Waals surface area contributed by atoms with E-state index in [2.05, 4.69) is 15.6 Å². The van der Waals surface area contributed by atoms with Crippen molar-refractivity contribution in [2.24, 2.45) is 10.4 Å². The molecule has 0 radical (unpaired) electrons. The normalized spacial score (nSPS) is 20.7. The summed E-state index contributed by atoms with van der Waals surface area (Å²) in [5.74, 6) is -1.71. The molecule has 1 unspecified atom stereocenters. The lowest BCUT2D eigenvalue weighted by Gasteiger charge is -2.43. The van der Waals surface area contributed by atoms with Crippen molar-refractivity contribution in [1.82, 2.24) is 10.6 Å². The monoisotopic (exact) mass is 311 g/mol. The maximum Gasteiger partial charge on any atom is 0.410 e. The molecule has 1 heterocycles. The number of carbonyl (C=O) groups is 2. The SMILES string of the molecule is CCCCOC(=O)NC1(C(C)(C)C)N=CC=C(C(=O)OC)N1. The van der Waals surface area contributed by atoms with Crippen LogP contribution in [0.4, 0.5) is 4.79 Å². The second-order valence-corrected chi connectivity index (χ2v) is 6.05. The van der Waals surface area contributed by atoms with Crippen molar-refractivity contribution >= 4 is 18.3 Å². The molecular weight excluding hydrogens is 286 g/mol. The van der Waals surface area contributed by atoms with Crippen LogP contribution in [0.3, 0.4) is 0 Å². The molecule has 0 aliphatic carbocycles. The molecule has 1 aliphatic heterocycles. The fourth-order valence-corrected chi connectivity index (χ4v) is 1.85. The van der Waals surface area contributed by atoms with Crippen LogP contribution in [0.25, 0.3) is 0 Å². The Bertz CT molecular complexity index is 480. The highest BCUT2D eigenvalue weighted by atomic mass is 16.5. The van der Waals surface area contributed by atoms with Gasteiger partial charge in [0, 0.05) is 11.6 Å². The summed E-state index contributed by atoms with van der Waals surface area (Å²) in [6.07, 6.45) is 4.11. The molecular formula is C15H25N3O4. The standard InChI is InChI=1S/C15H25N3O4/c1-6-7-10-22-13(20)18-15(14(2,3)4)16-9-8-11(17-15)12(19)21-5/h8-9,17H,6-7,10H2,1-5H3,(H,18,20). The Hall–Kier alpha value is -2.05. The smallest absolute Gasteiger partial charge is 0.410 e. The molecule has 0 spiro atoms. The number of alkyl carbamates (subject to hydrolysis) is 1. The summed E-state index contributed by atoms with van der Waals surface area (Å²) in [5, 5.41) is 5.68. The molecule has 1 atom stereocenters. The third kappa shape index (κ3) is 4.22. The van der Waals surface area contributed by atoms with Gasteiger partial charge in [-0.1, -0.05) is 34.1 Å². The molecule has 0 bridgehead atoms. The van der Waals surface area contributed by atoms with Crippen LogP contribution in [0.15, 0.2) is 16.8 Å². The quantitative estimate of drug-likeness (QED) is 0.598. The molecule has 2 N–H and O–H groups in total. The predicted octanol–water partition coefficient (Wildman–Crippen LogP) is 1.94. The maximum absolute atomic E-state index is 12.0. The summed E-state index contributed by atoms with van der Waals surface area (Å²) in [4.78, 5) is 28.1. The number of aliphatic imine (C=N–C) groups is 1. The highest BCUT2D eigenvalue weighted by Gasteiger charge is 2.46. The second kappa shape index (κ2) is 7.29. The van der Waals surface area contributed by atoms with Crippen LogP contribution in [-0.4, -0.2) is 37.8 Å². The number of ether oxygens (including phenoxy) is 2. The molecule has 22 heavy (non-hydrogen) atoms. The Morgan fingerprint density at radius 3 is 2.64 bits per heavy atom. The lowest BCUT2D eigenvalue weighted by Crippen LogP contribution is -2.66. The van der Waals surface area contributed by atoms with Gasteiger partial charge in [-0.2, -0.15) is 0 Å². The first-order chi connectivity index (χ1) is 10.3. The van der Waals surface area contributed by atoms with Crippen LogP contribution in [0.2, 0.25) is 0 Å². The fraction of sp³-hybridized carbons (Fsp3) is 0.667. The first-order valence-corrected chi connectivity index (χ1v) is 7.32. The minimum absolute atomic E-state index is 0.223. The van der Waals surface area contributed by atoms with E-state index in [1.54, 1.807) is 0 Å². The average molecular weight is 311 g/mol. The van der Waals surface area contributed by atoms with Gasteiger partial charge in [-0.05, 0) is 12.5 Å². The number of hydrogen-bond acceptors (Lipinski definition) is 6. The molecule has 0 saturated carbocycles. The Kier molecular flexibility index (Phi) is 5.96.